The van der Waals surface area contributed by atoms with E-state index in [4.69, 9.17) is 0 Å². The van der Waals surface area contributed by atoms with Gasteiger partial charge in [0.25, 0.3) is 0 Å². The van der Waals surface area contributed by atoms with Crippen LogP contribution in [0.2, 0.25) is 0 Å². The second kappa shape index (κ2) is 5.03. The van der Waals surface area contributed by atoms with E-state index in [1.54, 1.807) is 37.1 Å². The van der Waals surface area contributed by atoms with Crippen molar-refractivity contribution in [1.82, 2.24) is 8.87 Å². The summed E-state index contributed by atoms with van der Waals surface area (Å²) in [6, 6.07) is 1.28. The van der Waals surface area contributed by atoms with Crippen LogP contribution in [0.15, 0.2) is 23.4 Å². The maximum atomic E-state index is 12.4. The van der Waals surface area contributed by atoms with E-state index in [1.165, 1.54) is 4.31 Å². The molecule has 0 amide bonds. The number of sulfonamides is 1. The molecule has 1 aromatic rings. The Bertz CT molecular complexity index is 509. The Morgan fingerprint density at radius 3 is 2.61 bits per heavy atom. The largest absolute Gasteiger partial charge is 0.391 e. The standard InChI is InChI=1S/C12H20N2O3S/c1-13-8-7-10(9-13)18(16,17)14(2)11-5-3-4-6-12(11)15/h7-9,11-12,15H,3-6H2,1-2H3. The predicted molar refractivity (Wildman–Crippen MR) is 68.6 cm³/mol. The first-order valence-corrected chi connectivity index (χ1v) is 7.65. The maximum Gasteiger partial charge on any atom is 0.244 e. The zero-order chi connectivity index (χ0) is 13.3. The SMILES string of the molecule is CN(C1CCCCC1O)S(=O)(=O)c1ccn(C)c1. The van der Waals surface area contributed by atoms with Crippen molar-refractivity contribution in [2.75, 3.05) is 7.05 Å². The second-order valence-corrected chi connectivity index (χ2v) is 6.95. The Kier molecular flexibility index (Phi) is 3.79. The van der Waals surface area contributed by atoms with Gasteiger partial charge < -0.3 is 9.67 Å². The monoisotopic (exact) mass is 272 g/mol. The number of aliphatic hydroxyl groups excluding tert-OH is 1. The van der Waals surface area contributed by atoms with Crippen molar-refractivity contribution in [3.8, 4) is 0 Å². The van der Waals surface area contributed by atoms with E-state index in [0.29, 0.717) is 6.42 Å². The molecule has 18 heavy (non-hydrogen) atoms. The minimum atomic E-state index is -3.50. The molecule has 2 atom stereocenters. The summed E-state index contributed by atoms with van der Waals surface area (Å²) in [7, 11) is -0.155. The summed E-state index contributed by atoms with van der Waals surface area (Å²) in [5, 5.41) is 9.94. The fourth-order valence-corrected chi connectivity index (χ4v) is 3.96. The van der Waals surface area contributed by atoms with Crippen LogP contribution in [0.4, 0.5) is 0 Å². The lowest BCUT2D eigenvalue weighted by Gasteiger charge is -2.34. The normalized spacial score (nSPS) is 25.6. The summed E-state index contributed by atoms with van der Waals surface area (Å²) in [5.74, 6) is 0. The first kappa shape index (κ1) is 13.6. The Hall–Kier alpha value is -0.850. The molecular weight excluding hydrogens is 252 g/mol. The molecule has 0 bridgehead atoms. The van der Waals surface area contributed by atoms with Crippen molar-refractivity contribution in [1.29, 1.82) is 0 Å². The molecule has 0 radical (unpaired) electrons. The highest BCUT2D eigenvalue weighted by Gasteiger charge is 2.34. The zero-order valence-corrected chi connectivity index (χ0v) is 11.6. The molecule has 2 rings (SSSR count). The van der Waals surface area contributed by atoms with Crippen molar-refractivity contribution >= 4 is 10.0 Å². The van der Waals surface area contributed by atoms with Gasteiger partial charge in [-0.2, -0.15) is 4.31 Å². The third-order valence-corrected chi connectivity index (χ3v) is 5.51. The summed E-state index contributed by atoms with van der Waals surface area (Å²) in [6.07, 6.45) is 6.08. The Morgan fingerprint density at radius 2 is 2.06 bits per heavy atom. The molecule has 5 nitrogen and oxygen atoms in total. The van der Waals surface area contributed by atoms with Crippen LogP contribution in [-0.2, 0) is 17.1 Å². The van der Waals surface area contributed by atoms with Gasteiger partial charge in [0.2, 0.25) is 10.0 Å². The molecule has 1 aromatic heterocycles. The van der Waals surface area contributed by atoms with Crippen LogP contribution in [0, 0.1) is 0 Å². The van der Waals surface area contributed by atoms with Crippen molar-refractivity contribution < 1.29 is 13.5 Å². The van der Waals surface area contributed by atoms with Gasteiger partial charge in [-0.3, -0.25) is 0 Å². The van der Waals surface area contributed by atoms with Crippen LogP contribution >= 0.6 is 0 Å². The quantitative estimate of drug-likeness (QED) is 0.891. The second-order valence-electron chi connectivity index (χ2n) is 4.95. The van der Waals surface area contributed by atoms with Crippen LogP contribution in [0.5, 0.6) is 0 Å². The molecule has 1 fully saturated rings. The molecule has 1 aliphatic rings. The highest BCUT2D eigenvalue weighted by molar-refractivity contribution is 7.89. The molecule has 1 aliphatic carbocycles. The van der Waals surface area contributed by atoms with Gasteiger partial charge in [0.05, 0.1) is 17.0 Å². The lowest BCUT2D eigenvalue weighted by atomic mass is 9.93. The Balaban J connectivity index is 2.24. The van der Waals surface area contributed by atoms with Crippen LogP contribution in [0.1, 0.15) is 25.7 Å². The topological polar surface area (TPSA) is 62.5 Å². The van der Waals surface area contributed by atoms with Gasteiger partial charge in [0, 0.05) is 26.5 Å². The van der Waals surface area contributed by atoms with Gasteiger partial charge in [-0.15, -0.1) is 0 Å². The first-order valence-electron chi connectivity index (χ1n) is 6.21. The summed E-state index contributed by atoms with van der Waals surface area (Å²) < 4.78 is 27.8. The molecule has 0 spiro atoms. The zero-order valence-electron chi connectivity index (χ0n) is 10.8. The van der Waals surface area contributed by atoms with Crippen molar-refractivity contribution in [2.45, 2.75) is 42.7 Å². The van der Waals surface area contributed by atoms with Crippen molar-refractivity contribution in [3.05, 3.63) is 18.5 Å². The Labute approximate surface area is 108 Å². The molecule has 1 N–H and O–H groups in total. The fraction of sp³-hybridized carbons (Fsp3) is 0.667. The molecule has 0 aromatic carbocycles. The third kappa shape index (κ3) is 2.46. The summed E-state index contributed by atoms with van der Waals surface area (Å²) in [5.41, 5.74) is 0. The summed E-state index contributed by atoms with van der Waals surface area (Å²) in [4.78, 5) is 0.283. The van der Waals surface area contributed by atoms with E-state index < -0.39 is 16.1 Å². The number of aromatic nitrogens is 1. The minimum Gasteiger partial charge on any atom is -0.391 e. The van der Waals surface area contributed by atoms with E-state index in [2.05, 4.69) is 0 Å². The van der Waals surface area contributed by atoms with Gasteiger partial charge in [-0.05, 0) is 18.9 Å². The lowest BCUT2D eigenvalue weighted by molar-refractivity contribution is 0.0638. The number of aryl methyl sites for hydroxylation is 1. The number of likely N-dealkylation sites (N-methyl/N-ethyl adjacent to an activating group) is 1. The molecular formula is C12H20N2O3S. The highest BCUT2D eigenvalue weighted by atomic mass is 32.2. The van der Waals surface area contributed by atoms with Crippen LogP contribution < -0.4 is 0 Å². The predicted octanol–water partition coefficient (Wildman–Crippen LogP) is 0.949. The van der Waals surface area contributed by atoms with E-state index in [0.717, 1.165) is 19.3 Å². The van der Waals surface area contributed by atoms with Gasteiger partial charge in [-0.1, -0.05) is 12.8 Å². The van der Waals surface area contributed by atoms with Gasteiger partial charge in [0.15, 0.2) is 0 Å². The number of nitrogens with zero attached hydrogens (tertiary/aromatic N) is 2. The number of rotatable bonds is 3. The summed E-state index contributed by atoms with van der Waals surface area (Å²) in [6.45, 7) is 0. The van der Waals surface area contributed by atoms with Gasteiger partial charge in [0.1, 0.15) is 0 Å². The van der Waals surface area contributed by atoms with Crippen molar-refractivity contribution in [2.24, 2.45) is 7.05 Å². The van der Waals surface area contributed by atoms with E-state index in [-0.39, 0.29) is 10.9 Å². The number of hydrogen-bond donors (Lipinski definition) is 1. The fourth-order valence-electron chi connectivity index (χ4n) is 2.49. The van der Waals surface area contributed by atoms with Crippen LogP contribution in [0.25, 0.3) is 0 Å². The smallest absolute Gasteiger partial charge is 0.244 e. The average Bonchev–Trinajstić information content (AvgIpc) is 2.76. The molecule has 1 saturated carbocycles. The molecule has 1 heterocycles. The average molecular weight is 272 g/mol. The molecule has 0 aliphatic heterocycles. The molecule has 2 unspecified atom stereocenters. The maximum absolute atomic E-state index is 12.4. The van der Waals surface area contributed by atoms with E-state index in [9.17, 15) is 13.5 Å². The third-order valence-electron chi connectivity index (χ3n) is 3.64. The number of aliphatic hydroxyl groups is 1. The highest BCUT2D eigenvalue weighted by Crippen LogP contribution is 2.26. The minimum absolute atomic E-state index is 0.283. The van der Waals surface area contributed by atoms with Crippen LogP contribution in [0.3, 0.4) is 0 Å². The molecule has 102 valence electrons. The van der Waals surface area contributed by atoms with E-state index >= 15 is 0 Å². The van der Waals surface area contributed by atoms with Crippen LogP contribution in [-0.4, -0.2) is 41.6 Å². The molecule has 6 heteroatoms. The Morgan fingerprint density at radius 1 is 1.39 bits per heavy atom. The number of hydrogen-bond acceptors (Lipinski definition) is 3. The molecule has 0 saturated heterocycles. The summed E-state index contributed by atoms with van der Waals surface area (Å²) >= 11 is 0. The first-order chi connectivity index (χ1) is 8.43. The van der Waals surface area contributed by atoms with Gasteiger partial charge in [-0.25, -0.2) is 8.42 Å². The van der Waals surface area contributed by atoms with Gasteiger partial charge >= 0.3 is 0 Å². The van der Waals surface area contributed by atoms with E-state index in [1.807, 2.05) is 0 Å². The van der Waals surface area contributed by atoms with Crippen molar-refractivity contribution in [3.63, 3.8) is 0 Å². The lowest BCUT2D eigenvalue weighted by Crippen LogP contribution is -2.46.